The summed E-state index contributed by atoms with van der Waals surface area (Å²) in [6.45, 7) is 0.882. The van der Waals surface area contributed by atoms with Crippen molar-refractivity contribution in [1.82, 2.24) is 19.8 Å². The van der Waals surface area contributed by atoms with Gasteiger partial charge in [-0.25, -0.2) is 0 Å². The van der Waals surface area contributed by atoms with Gasteiger partial charge in [-0.2, -0.15) is 9.61 Å². The predicted molar refractivity (Wildman–Crippen MR) is 83.9 cm³/mol. The molecule has 0 radical (unpaired) electrons. The Kier molecular flexibility index (Phi) is 3.31. The molecule has 0 spiro atoms. The predicted octanol–water partition coefficient (Wildman–Crippen LogP) is 3.11. The lowest BCUT2D eigenvalue weighted by Crippen LogP contribution is -2.13. The minimum absolute atomic E-state index is 0.567. The first-order valence-corrected chi connectivity index (χ1v) is 8.22. The summed E-state index contributed by atoms with van der Waals surface area (Å²) in [6.07, 6.45) is 4.66. The Bertz CT molecular complexity index is 729. The number of nitrogens with one attached hydrogen (secondary N) is 1. The van der Waals surface area contributed by atoms with E-state index in [1.807, 2.05) is 22.7 Å². The molecule has 0 amide bonds. The largest absolute Gasteiger partial charge is 0.385 e. The molecule has 21 heavy (non-hydrogen) atoms. The molecule has 1 saturated carbocycles. The highest BCUT2D eigenvalue weighted by molar-refractivity contribution is 7.16. The van der Waals surface area contributed by atoms with Gasteiger partial charge in [0, 0.05) is 24.6 Å². The minimum atomic E-state index is 0.567. The van der Waals surface area contributed by atoms with Crippen molar-refractivity contribution in [2.45, 2.75) is 31.6 Å². The second kappa shape index (κ2) is 5.44. The molecule has 1 fully saturated rings. The molecular formula is C15H17N5S. The Morgan fingerprint density at radius 3 is 2.81 bits per heavy atom. The number of hydrogen-bond donors (Lipinski definition) is 1. The van der Waals surface area contributed by atoms with E-state index in [1.165, 1.54) is 19.3 Å². The van der Waals surface area contributed by atoms with E-state index in [9.17, 15) is 0 Å². The summed E-state index contributed by atoms with van der Waals surface area (Å²) in [7, 11) is 0. The molecule has 0 bridgehead atoms. The van der Waals surface area contributed by atoms with Gasteiger partial charge in [0.1, 0.15) is 5.01 Å². The fraction of sp³-hybridized carbons (Fsp3) is 0.400. The monoisotopic (exact) mass is 299 g/mol. The van der Waals surface area contributed by atoms with Gasteiger partial charge in [-0.05, 0) is 25.0 Å². The molecule has 2 aromatic heterocycles. The van der Waals surface area contributed by atoms with Crippen LogP contribution in [-0.2, 0) is 6.42 Å². The van der Waals surface area contributed by atoms with Crippen LogP contribution in [0.2, 0.25) is 0 Å². The van der Waals surface area contributed by atoms with E-state index >= 15 is 0 Å². The van der Waals surface area contributed by atoms with Crippen LogP contribution in [0.15, 0.2) is 30.3 Å². The Labute approximate surface area is 127 Å². The highest BCUT2D eigenvalue weighted by Gasteiger charge is 2.26. The maximum atomic E-state index is 4.68. The van der Waals surface area contributed by atoms with Gasteiger partial charge in [0.05, 0.1) is 0 Å². The van der Waals surface area contributed by atoms with Gasteiger partial charge in [0.2, 0.25) is 4.96 Å². The fourth-order valence-corrected chi connectivity index (χ4v) is 3.40. The van der Waals surface area contributed by atoms with Gasteiger partial charge in [-0.15, -0.1) is 10.2 Å². The Morgan fingerprint density at radius 1 is 1.19 bits per heavy atom. The number of hydrogen-bond acceptors (Lipinski definition) is 5. The summed E-state index contributed by atoms with van der Waals surface area (Å²) in [6, 6.07) is 10.3. The van der Waals surface area contributed by atoms with E-state index in [1.54, 1.807) is 11.3 Å². The van der Waals surface area contributed by atoms with E-state index in [2.05, 4.69) is 32.7 Å². The molecule has 0 atom stereocenters. The first-order valence-electron chi connectivity index (χ1n) is 7.40. The summed E-state index contributed by atoms with van der Waals surface area (Å²) in [5.41, 5.74) is 1.15. The third-order valence-electron chi connectivity index (χ3n) is 3.97. The normalized spacial score (nSPS) is 15.2. The standard InChI is InChI=1S/C15H17N5S/c1-2-7-12(8-3-1)16-10-9-13-19-20-14(11-5-4-6-11)17-18-15(20)21-13/h1-3,7-8,11,16H,4-6,9-10H2. The van der Waals surface area contributed by atoms with Crippen molar-refractivity contribution in [2.75, 3.05) is 11.9 Å². The quantitative estimate of drug-likeness (QED) is 0.786. The zero-order valence-electron chi connectivity index (χ0n) is 11.7. The second-order valence-electron chi connectivity index (χ2n) is 5.42. The van der Waals surface area contributed by atoms with E-state index in [4.69, 9.17) is 0 Å². The van der Waals surface area contributed by atoms with Crippen molar-refractivity contribution in [1.29, 1.82) is 0 Å². The first kappa shape index (κ1) is 12.8. The summed E-state index contributed by atoms with van der Waals surface area (Å²) >= 11 is 1.64. The summed E-state index contributed by atoms with van der Waals surface area (Å²) < 4.78 is 1.95. The van der Waals surface area contributed by atoms with E-state index in [0.29, 0.717) is 5.92 Å². The van der Waals surface area contributed by atoms with Crippen LogP contribution in [0.5, 0.6) is 0 Å². The van der Waals surface area contributed by atoms with E-state index in [-0.39, 0.29) is 0 Å². The number of rotatable bonds is 5. The Hall–Kier alpha value is -1.95. The molecule has 1 aromatic carbocycles. The summed E-state index contributed by atoms with van der Waals surface area (Å²) in [4.78, 5) is 0.923. The molecule has 108 valence electrons. The minimum Gasteiger partial charge on any atom is -0.385 e. The van der Waals surface area contributed by atoms with Gasteiger partial charge in [0.25, 0.3) is 0 Å². The third kappa shape index (κ3) is 2.51. The van der Waals surface area contributed by atoms with Crippen molar-refractivity contribution >= 4 is 22.0 Å². The zero-order valence-corrected chi connectivity index (χ0v) is 12.5. The molecule has 0 aliphatic heterocycles. The van der Waals surface area contributed by atoms with E-state index < -0.39 is 0 Å². The van der Waals surface area contributed by atoms with Crippen molar-refractivity contribution in [3.8, 4) is 0 Å². The fourth-order valence-electron chi connectivity index (χ4n) is 2.56. The number of benzene rings is 1. The number of aromatic nitrogens is 4. The number of anilines is 1. The van der Waals surface area contributed by atoms with Crippen LogP contribution in [0.3, 0.4) is 0 Å². The lowest BCUT2D eigenvalue weighted by Gasteiger charge is -2.22. The van der Waals surface area contributed by atoms with Crippen LogP contribution in [0.4, 0.5) is 5.69 Å². The van der Waals surface area contributed by atoms with Crippen LogP contribution in [0.1, 0.15) is 36.0 Å². The molecule has 1 aliphatic carbocycles. The van der Waals surface area contributed by atoms with E-state index in [0.717, 1.165) is 34.4 Å². The highest BCUT2D eigenvalue weighted by atomic mass is 32.1. The third-order valence-corrected chi connectivity index (χ3v) is 4.93. The maximum absolute atomic E-state index is 4.68. The second-order valence-corrected chi connectivity index (χ2v) is 6.46. The van der Waals surface area contributed by atoms with Gasteiger partial charge in [-0.3, -0.25) is 0 Å². The molecule has 3 aromatic rings. The Balaban J connectivity index is 1.43. The molecule has 0 unspecified atom stereocenters. The van der Waals surface area contributed by atoms with Gasteiger partial charge < -0.3 is 5.32 Å². The number of para-hydroxylation sites is 1. The number of fused-ring (bicyclic) bond motifs is 1. The first-order chi connectivity index (χ1) is 10.4. The van der Waals surface area contributed by atoms with Crippen molar-refractivity contribution < 1.29 is 0 Å². The molecule has 0 saturated heterocycles. The van der Waals surface area contributed by atoms with Gasteiger partial charge >= 0.3 is 0 Å². The van der Waals surface area contributed by atoms with Crippen LogP contribution in [0, 0.1) is 0 Å². The average Bonchev–Trinajstić information content (AvgIpc) is 3.00. The van der Waals surface area contributed by atoms with Crippen LogP contribution in [0.25, 0.3) is 4.96 Å². The lowest BCUT2D eigenvalue weighted by molar-refractivity contribution is 0.395. The SMILES string of the molecule is c1ccc(NCCc2nn3c(C4CCC4)nnc3s2)cc1. The zero-order chi connectivity index (χ0) is 14.1. The van der Waals surface area contributed by atoms with Crippen molar-refractivity contribution in [3.05, 3.63) is 41.2 Å². The smallest absolute Gasteiger partial charge is 0.234 e. The molecule has 1 N–H and O–H groups in total. The molecule has 2 heterocycles. The molecule has 6 heteroatoms. The Morgan fingerprint density at radius 2 is 2.05 bits per heavy atom. The van der Waals surface area contributed by atoms with Crippen molar-refractivity contribution in [3.63, 3.8) is 0 Å². The van der Waals surface area contributed by atoms with Crippen LogP contribution in [-0.4, -0.2) is 26.4 Å². The summed E-state index contributed by atoms with van der Waals surface area (Å²) in [5.74, 6) is 1.62. The topological polar surface area (TPSA) is 55.1 Å². The molecule has 4 rings (SSSR count). The average molecular weight is 299 g/mol. The molecular weight excluding hydrogens is 282 g/mol. The summed E-state index contributed by atoms with van der Waals surface area (Å²) in [5, 5.41) is 17.8. The van der Waals surface area contributed by atoms with Crippen LogP contribution < -0.4 is 5.32 Å². The maximum Gasteiger partial charge on any atom is 0.234 e. The molecule has 5 nitrogen and oxygen atoms in total. The number of nitrogens with zero attached hydrogens (tertiary/aromatic N) is 4. The van der Waals surface area contributed by atoms with Gasteiger partial charge in [-0.1, -0.05) is 36.0 Å². The van der Waals surface area contributed by atoms with Crippen LogP contribution >= 0.6 is 11.3 Å². The lowest BCUT2D eigenvalue weighted by atomic mass is 9.85. The highest BCUT2D eigenvalue weighted by Crippen LogP contribution is 2.35. The molecule has 1 aliphatic rings. The van der Waals surface area contributed by atoms with Crippen molar-refractivity contribution in [2.24, 2.45) is 0 Å². The van der Waals surface area contributed by atoms with Gasteiger partial charge in [0.15, 0.2) is 5.82 Å².